The Morgan fingerprint density at radius 1 is 1.07 bits per heavy atom. The molecule has 1 unspecified atom stereocenters. The third kappa shape index (κ3) is 3.30. The van der Waals surface area contributed by atoms with Crippen molar-refractivity contribution in [3.8, 4) is 16.9 Å². The number of para-hydroxylation sites is 1. The highest BCUT2D eigenvalue weighted by atomic mass is 32.2. The monoisotopic (exact) mass is 398 g/mol. The predicted octanol–water partition coefficient (Wildman–Crippen LogP) is 4.81. The van der Waals surface area contributed by atoms with Crippen LogP contribution in [-0.4, -0.2) is 15.5 Å². The van der Waals surface area contributed by atoms with Crippen molar-refractivity contribution < 1.29 is 21.7 Å². The van der Waals surface area contributed by atoms with Gasteiger partial charge in [-0.1, -0.05) is 48.0 Å². The van der Waals surface area contributed by atoms with Crippen LogP contribution in [0.1, 0.15) is 22.8 Å². The zero-order valence-corrected chi connectivity index (χ0v) is 16.3. The van der Waals surface area contributed by atoms with E-state index in [0.29, 0.717) is 23.3 Å². The molecule has 0 aromatic heterocycles. The lowest BCUT2D eigenvalue weighted by atomic mass is 9.98. The van der Waals surface area contributed by atoms with Gasteiger partial charge in [0.15, 0.2) is 0 Å². The maximum Gasteiger partial charge on any atom is 0.297 e. The van der Waals surface area contributed by atoms with Crippen LogP contribution in [0.5, 0.6) is 5.75 Å². The van der Waals surface area contributed by atoms with E-state index in [1.54, 1.807) is 18.2 Å². The molecule has 1 aliphatic rings. The summed E-state index contributed by atoms with van der Waals surface area (Å²) < 4.78 is 49.4. The van der Waals surface area contributed by atoms with E-state index < -0.39 is 16.2 Å². The third-order valence-electron chi connectivity index (χ3n) is 4.90. The van der Waals surface area contributed by atoms with E-state index in [1.807, 2.05) is 37.3 Å². The molecule has 0 saturated heterocycles. The lowest BCUT2D eigenvalue weighted by molar-refractivity contribution is 0.235. The Morgan fingerprint density at radius 3 is 2.61 bits per heavy atom. The van der Waals surface area contributed by atoms with E-state index in [1.165, 1.54) is 12.1 Å². The zero-order valence-electron chi connectivity index (χ0n) is 15.5. The summed E-state index contributed by atoms with van der Waals surface area (Å²) in [5.41, 5.74) is 3.93. The van der Waals surface area contributed by atoms with E-state index in [0.717, 1.165) is 23.8 Å². The van der Waals surface area contributed by atoms with Crippen LogP contribution >= 0.6 is 0 Å². The van der Waals surface area contributed by atoms with Crippen LogP contribution in [0.2, 0.25) is 0 Å². The van der Waals surface area contributed by atoms with Gasteiger partial charge in [0, 0.05) is 17.5 Å². The van der Waals surface area contributed by atoms with Crippen LogP contribution in [0.3, 0.4) is 0 Å². The largest absolute Gasteiger partial charge is 0.484 e. The van der Waals surface area contributed by atoms with Gasteiger partial charge in [0.1, 0.15) is 22.6 Å². The Bertz CT molecular complexity index is 1150. The number of benzene rings is 3. The van der Waals surface area contributed by atoms with Gasteiger partial charge in [-0.3, -0.25) is 4.18 Å². The van der Waals surface area contributed by atoms with Crippen molar-refractivity contribution in [3.63, 3.8) is 0 Å². The second-order valence-corrected chi connectivity index (χ2v) is 8.46. The molecular weight excluding hydrogens is 379 g/mol. The van der Waals surface area contributed by atoms with Gasteiger partial charge in [-0.25, -0.2) is 4.39 Å². The molecule has 144 valence electrons. The molecule has 1 heterocycles. The van der Waals surface area contributed by atoms with Crippen molar-refractivity contribution in [1.82, 2.24) is 0 Å². The maximum absolute atomic E-state index is 13.7. The molecule has 0 aliphatic carbocycles. The Morgan fingerprint density at radius 2 is 1.86 bits per heavy atom. The quantitative estimate of drug-likeness (QED) is 0.592. The van der Waals surface area contributed by atoms with Crippen LogP contribution in [0.4, 0.5) is 4.39 Å². The summed E-state index contributed by atoms with van der Waals surface area (Å²) in [5, 5.41) is 0. The highest BCUT2D eigenvalue weighted by Crippen LogP contribution is 2.44. The molecule has 0 amide bonds. The first kappa shape index (κ1) is 18.7. The van der Waals surface area contributed by atoms with Gasteiger partial charge in [0.2, 0.25) is 0 Å². The summed E-state index contributed by atoms with van der Waals surface area (Å²) >= 11 is 0. The van der Waals surface area contributed by atoms with E-state index in [-0.39, 0.29) is 10.7 Å². The summed E-state index contributed by atoms with van der Waals surface area (Å²) in [5.74, 6) is 0.331. The number of fused-ring (bicyclic) bond motifs is 1. The molecular formula is C22H19FO4S. The van der Waals surface area contributed by atoms with E-state index in [2.05, 4.69) is 0 Å². The van der Waals surface area contributed by atoms with Crippen LogP contribution in [-0.2, 0) is 20.7 Å². The van der Waals surface area contributed by atoms with E-state index in [9.17, 15) is 12.8 Å². The van der Waals surface area contributed by atoms with Gasteiger partial charge in [-0.05, 0) is 36.2 Å². The van der Waals surface area contributed by atoms with Crippen molar-refractivity contribution in [1.29, 1.82) is 0 Å². The fourth-order valence-corrected chi connectivity index (χ4v) is 4.46. The normalized spacial score (nSPS) is 15.9. The highest BCUT2D eigenvalue weighted by molar-refractivity contribution is 7.86. The number of ether oxygens (including phenoxy) is 1. The number of rotatable bonds is 4. The summed E-state index contributed by atoms with van der Waals surface area (Å²) in [7, 11) is -2.72. The van der Waals surface area contributed by atoms with Crippen LogP contribution in [0, 0.1) is 12.7 Å². The Hall–Kier alpha value is -2.70. The molecule has 0 fully saturated rings. The summed E-state index contributed by atoms with van der Waals surface area (Å²) in [6, 6.07) is 17.1. The molecule has 0 radical (unpaired) electrons. The van der Waals surface area contributed by atoms with Gasteiger partial charge in [-0.15, -0.1) is 0 Å². The number of aryl methyl sites for hydroxylation is 1. The number of hydrogen-bond donors (Lipinski definition) is 0. The van der Waals surface area contributed by atoms with Gasteiger partial charge in [0.25, 0.3) is 10.1 Å². The zero-order chi connectivity index (χ0) is 19.9. The van der Waals surface area contributed by atoms with Gasteiger partial charge in [0.05, 0.1) is 7.11 Å². The molecule has 6 heteroatoms. The van der Waals surface area contributed by atoms with E-state index in [4.69, 9.17) is 8.92 Å². The SMILES string of the molecule is COS(=O)(=O)c1ccc(C)cc1C1Cc2cccc(-c3cccc(F)c3)c2O1. The maximum atomic E-state index is 13.7. The molecule has 1 atom stereocenters. The van der Waals surface area contributed by atoms with Crippen molar-refractivity contribution in [2.24, 2.45) is 0 Å². The van der Waals surface area contributed by atoms with E-state index >= 15 is 0 Å². The van der Waals surface area contributed by atoms with Gasteiger partial charge < -0.3 is 4.74 Å². The minimum atomic E-state index is -3.87. The van der Waals surface area contributed by atoms with Crippen molar-refractivity contribution in [2.45, 2.75) is 24.3 Å². The fraction of sp³-hybridized carbons (Fsp3) is 0.182. The molecule has 0 N–H and O–H groups in total. The molecule has 0 bridgehead atoms. The standard InChI is InChI=1S/C22H19FO4S/c1-14-9-10-21(28(24,25)26-2)19(11-14)20-13-16-6-4-8-18(22(16)27-20)15-5-3-7-17(23)12-15/h3-12,20H,13H2,1-2H3. The average molecular weight is 398 g/mol. The summed E-state index contributed by atoms with van der Waals surface area (Å²) in [4.78, 5) is 0.103. The smallest absolute Gasteiger partial charge is 0.297 e. The molecule has 4 nitrogen and oxygen atoms in total. The molecule has 1 aliphatic heterocycles. The second-order valence-electron chi connectivity index (χ2n) is 6.78. The summed E-state index contributed by atoms with van der Waals surface area (Å²) in [6.45, 7) is 1.90. The predicted molar refractivity (Wildman–Crippen MR) is 104 cm³/mol. The first-order chi connectivity index (χ1) is 13.4. The van der Waals surface area contributed by atoms with Crippen molar-refractivity contribution in [3.05, 3.63) is 83.2 Å². The van der Waals surface area contributed by atoms with Crippen molar-refractivity contribution in [2.75, 3.05) is 7.11 Å². The first-order valence-corrected chi connectivity index (χ1v) is 10.3. The highest BCUT2D eigenvalue weighted by Gasteiger charge is 2.31. The third-order valence-corrected chi connectivity index (χ3v) is 6.25. The lowest BCUT2D eigenvalue weighted by Crippen LogP contribution is -2.12. The Labute approximate surface area is 163 Å². The molecule has 4 rings (SSSR count). The Balaban J connectivity index is 1.78. The minimum absolute atomic E-state index is 0.103. The number of hydrogen-bond acceptors (Lipinski definition) is 4. The molecule has 0 saturated carbocycles. The average Bonchev–Trinajstić information content (AvgIpc) is 3.12. The minimum Gasteiger partial charge on any atom is -0.484 e. The van der Waals surface area contributed by atoms with Crippen LogP contribution in [0.25, 0.3) is 11.1 Å². The number of halogens is 1. The summed E-state index contributed by atoms with van der Waals surface area (Å²) in [6.07, 6.45) is 0.0540. The van der Waals surface area contributed by atoms with Crippen LogP contribution in [0.15, 0.2) is 65.6 Å². The van der Waals surface area contributed by atoms with Gasteiger partial charge in [-0.2, -0.15) is 8.42 Å². The molecule has 3 aromatic rings. The molecule has 0 spiro atoms. The fourth-order valence-electron chi connectivity index (χ4n) is 3.56. The second kappa shape index (κ2) is 7.04. The van der Waals surface area contributed by atoms with Gasteiger partial charge >= 0.3 is 0 Å². The first-order valence-electron chi connectivity index (χ1n) is 8.85. The van der Waals surface area contributed by atoms with Crippen molar-refractivity contribution >= 4 is 10.1 Å². The molecule has 28 heavy (non-hydrogen) atoms. The molecule has 3 aromatic carbocycles. The Kier molecular flexibility index (Phi) is 4.69. The topological polar surface area (TPSA) is 52.6 Å². The van der Waals surface area contributed by atoms with Crippen LogP contribution < -0.4 is 4.74 Å². The lowest BCUT2D eigenvalue weighted by Gasteiger charge is -2.17.